The molecule has 0 spiro atoms. The molecule has 0 saturated heterocycles. The zero-order chi connectivity index (χ0) is 13.1. The van der Waals surface area contributed by atoms with Gasteiger partial charge in [-0.1, -0.05) is 51.3 Å². The summed E-state index contributed by atoms with van der Waals surface area (Å²) in [4.78, 5) is 0. The standard InChI is InChI=1S/C14H12BrCl2N/c1-9-13(17)3-2-4-14(9)18-8-10-5-6-11(16)7-12(10)15/h2-7,18H,8H2,1H3. The maximum Gasteiger partial charge on any atom is 0.0455 e. The fraction of sp³-hybridized carbons (Fsp3) is 0.143. The number of nitrogens with one attached hydrogen (secondary N) is 1. The van der Waals surface area contributed by atoms with Crippen LogP contribution in [-0.4, -0.2) is 0 Å². The van der Waals surface area contributed by atoms with Gasteiger partial charge in [0.2, 0.25) is 0 Å². The van der Waals surface area contributed by atoms with Crippen molar-refractivity contribution >= 4 is 44.8 Å². The highest BCUT2D eigenvalue weighted by Gasteiger charge is 2.04. The van der Waals surface area contributed by atoms with E-state index in [4.69, 9.17) is 23.2 Å². The molecule has 4 heteroatoms. The number of halogens is 3. The molecule has 0 radical (unpaired) electrons. The third-order valence-electron chi connectivity index (χ3n) is 2.75. The van der Waals surface area contributed by atoms with Crippen LogP contribution in [0.4, 0.5) is 5.69 Å². The van der Waals surface area contributed by atoms with Crippen LogP contribution in [0.15, 0.2) is 40.9 Å². The summed E-state index contributed by atoms with van der Waals surface area (Å²) in [7, 11) is 0. The van der Waals surface area contributed by atoms with Gasteiger partial charge < -0.3 is 5.32 Å². The number of anilines is 1. The second-order valence-electron chi connectivity index (χ2n) is 4.00. The molecule has 0 unspecified atom stereocenters. The molecule has 0 fully saturated rings. The molecule has 2 rings (SSSR count). The third-order valence-corrected chi connectivity index (χ3v) is 4.13. The smallest absolute Gasteiger partial charge is 0.0455 e. The van der Waals surface area contributed by atoms with Gasteiger partial charge in [0, 0.05) is 26.8 Å². The van der Waals surface area contributed by atoms with Crippen LogP contribution in [0, 0.1) is 6.92 Å². The van der Waals surface area contributed by atoms with E-state index in [2.05, 4.69) is 21.2 Å². The number of rotatable bonds is 3. The van der Waals surface area contributed by atoms with Crippen molar-refractivity contribution in [3.05, 3.63) is 62.0 Å². The van der Waals surface area contributed by atoms with Gasteiger partial charge in [-0.05, 0) is 42.3 Å². The summed E-state index contributed by atoms with van der Waals surface area (Å²) in [6.07, 6.45) is 0. The Morgan fingerprint density at radius 3 is 2.67 bits per heavy atom. The molecule has 0 aliphatic rings. The van der Waals surface area contributed by atoms with Gasteiger partial charge in [0.25, 0.3) is 0 Å². The first-order valence-electron chi connectivity index (χ1n) is 5.51. The van der Waals surface area contributed by atoms with E-state index in [0.29, 0.717) is 0 Å². The highest BCUT2D eigenvalue weighted by molar-refractivity contribution is 9.10. The average molecular weight is 345 g/mol. The summed E-state index contributed by atoms with van der Waals surface area (Å²) >= 11 is 15.5. The highest BCUT2D eigenvalue weighted by atomic mass is 79.9. The maximum atomic E-state index is 6.08. The lowest BCUT2D eigenvalue weighted by atomic mass is 10.2. The summed E-state index contributed by atoms with van der Waals surface area (Å²) in [5, 5.41) is 4.87. The Kier molecular flexibility index (Phi) is 4.55. The molecule has 0 atom stereocenters. The lowest BCUT2D eigenvalue weighted by Crippen LogP contribution is -2.01. The van der Waals surface area contributed by atoms with Gasteiger partial charge in [-0.15, -0.1) is 0 Å². The molecule has 0 amide bonds. The first kappa shape index (κ1) is 13.7. The lowest BCUT2D eigenvalue weighted by Gasteiger charge is -2.11. The predicted octanol–water partition coefficient (Wildman–Crippen LogP) is 5.68. The minimum atomic E-state index is 0.721. The molecule has 0 bridgehead atoms. The molecule has 0 saturated carbocycles. The normalized spacial score (nSPS) is 10.4. The van der Waals surface area contributed by atoms with E-state index in [0.717, 1.165) is 37.9 Å². The zero-order valence-corrected chi connectivity index (χ0v) is 12.9. The fourth-order valence-corrected chi connectivity index (χ4v) is 2.65. The van der Waals surface area contributed by atoms with E-state index in [1.165, 1.54) is 0 Å². The predicted molar refractivity (Wildman–Crippen MR) is 82.7 cm³/mol. The molecule has 1 N–H and O–H groups in total. The summed E-state index contributed by atoms with van der Waals surface area (Å²) in [5.41, 5.74) is 3.26. The molecular formula is C14H12BrCl2N. The van der Waals surface area contributed by atoms with Gasteiger partial charge in [0.1, 0.15) is 0 Å². The minimum Gasteiger partial charge on any atom is -0.381 e. The topological polar surface area (TPSA) is 12.0 Å². The molecule has 0 aliphatic heterocycles. The fourth-order valence-electron chi connectivity index (χ4n) is 1.65. The van der Waals surface area contributed by atoms with Gasteiger partial charge in [-0.25, -0.2) is 0 Å². The molecule has 18 heavy (non-hydrogen) atoms. The van der Waals surface area contributed by atoms with Crippen molar-refractivity contribution in [2.24, 2.45) is 0 Å². The lowest BCUT2D eigenvalue weighted by molar-refractivity contribution is 1.13. The SMILES string of the molecule is Cc1c(Cl)cccc1NCc1ccc(Cl)cc1Br. The Hall–Kier alpha value is -0.700. The van der Waals surface area contributed by atoms with E-state index in [1.54, 1.807) is 0 Å². The molecule has 2 aromatic carbocycles. The largest absolute Gasteiger partial charge is 0.381 e. The van der Waals surface area contributed by atoms with E-state index in [9.17, 15) is 0 Å². The van der Waals surface area contributed by atoms with Gasteiger partial charge in [-0.3, -0.25) is 0 Å². The first-order chi connectivity index (χ1) is 8.58. The van der Waals surface area contributed by atoms with Crippen molar-refractivity contribution in [2.75, 3.05) is 5.32 Å². The first-order valence-corrected chi connectivity index (χ1v) is 7.06. The summed E-state index contributed by atoms with van der Waals surface area (Å²) in [5.74, 6) is 0. The Morgan fingerprint density at radius 2 is 1.94 bits per heavy atom. The van der Waals surface area contributed by atoms with Crippen LogP contribution in [-0.2, 0) is 6.54 Å². The van der Waals surface area contributed by atoms with Crippen molar-refractivity contribution in [2.45, 2.75) is 13.5 Å². The minimum absolute atomic E-state index is 0.721. The van der Waals surface area contributed by atoms with Crippen LogP contribution in [0.5, 0.6) is 0 Å². The van der Waals surface area contributed by atoms with E-state index in [1.807, 2.05) is 43.3 Å². The summed E-state index contributed by atoms with van der Waals surface area (Å²) < 4.78 is 1.00. The van der Waals surface area contributed by atoms with Crippen molar-refractivity contribution in [1.82, 2.24) is 0 Å². The second-order valence-corrected chi connectivity index (χ2v) is 5.70. The van der Waals surface area contributed by atoms with Crippen LogP contribution < -0.4 is 5.32 Å². The van der Waals surface area contributed by atoms with Crippen LogP contribution in [0.1, 0.15) is 11.1 Å². The van der Waals surface area contributed by atoms with Crippen LogP contribution in [0.2, 0.25) is 10.0 Å². The van der Waals surface area contributed by atoms with Gasteiger partial charge in [0.15, 0.2) is 0 Å². The second kappa shape index (κ2) is 5.96. The van der Waals surface area contributed by atoms with E-state index < -0.39 is 0 Å². The van der Waals surface area contributed by atoms with Crippen LogP contribution >= 0.6 is 39.1 Å². The Morgan fingerprint density at radius 1 is 1.17 bits per heavy atom. The van der Waals surface area contributed by atoms with E-state index in [-0.39, 0.29) is 0 Å². The Balaban J connectivity index is 2.14. The maximum absolute atomic E-state index is 6.08. The summed E-state index contributed by atoms with van der Waals surface area (Å²) in [6, 6.07) is 11.6. The molecule has 0 heterocycles. The average Bonchev–Trinajstić information content (AvgIpc) is 2.33. The van der Waals surface area contributed by atoms with Gasteiger partial charge in [0.05, 0.1) is 0 Å². The van der Waals surface area contributed by atoms with Gasteiger partial charge >= 0.3 is 0 Å². The quantitative estimate of drug-likeness (QED) is 0.755. The monoisotopic (exact) mass is 343 g/mol. The number of hydrogen-bond donors (Lipinski definition) is 1. The summed E-state index contributed by atoms with van der Waals surface area (Å²) in [6.45, 7) is 2.72. The zero-order valence-electron chi connectivity index (χ0n) is 9.81. The molecule has 0 aromatic heterocycles. The molecular weight excluding hydrogens is 333 g/mol. The number of hydrogen-bond acceptors (Lipinski definition) is 1. The Bertz CT molecular complexity index is 570. The van der Waals surface area contributed by atoms with Crippen LogP contribution in [0.25, 0.3) is 0 Å². The molecule has 94 valence electrons. The molecule has 0 aliphatic carbocycles. The highest BCUT2D eigenvalue weighted by Crippen LogP contribution is 2.25. The molecule has 1 nitrogen and oxygen atoms in total. The Labute approximate surface area is 125 Å². The number of benzene rings is 2. The molecule has 2 aromatic rings. The van der Waals surface area contributed by atoms with Crippen molar-refractivity contribution in [3.63, 3.8) is 0 Å². The third kappa shape index (κ3) is 3.19. The van der Waals surface area contributed by atoms with Crippen molar-refractivity contribution < 1.29 is 0 Å². The van der Waals surface area contributed by atoms with Crippen molar-refractivity contribution in [1.29, 1.82) is 0 Å². The van der Waals surface area contributed by atoms with E-state index >= 15 is 0 Å². The van der Waals surface area contributed by atoms with Crippen LogP contribution in [0.3, 0.4) is 0 Å². The van der Waals surface area contributed by atoms with Gasteiger partial charge in [-0.2, -0.15) is 0 Å². The van der Waals surface area contributed by atoms with Crippen molar-refractivity contribution in [3.8, 4) is 0 Å².